The molecule has 1 unspecified atom stereocenters. The zero-order chi connectivity index (χ0) is 13.9. The smallest absolute Gasteiger partial charge is 0.131 e. The van der Waals surface area contributed by atoms with Gasteiger partial charge in [-0.3, -0.25) is 0 Å². The summed E-state index contributed by atoms with van der Waals surface area (Å²) in [6.07, 6.45) is 3.61. The lowest BCUT2D eigenvalue weighted by molar-refractivity contribution is 0.156. The van der Waals surface area contributed by atoms with Gasteiger partial charge in [-0.15, -0.1) is 11.3 Å². The fraction of sp³-hybridized carbons (Fsp3) is 0.438. The number of nitrogens with zero attached hydrogens (tertiary/aromatic N) is 1. The van der Waals surface area contributed by atoms with E-state index in [2.05, 4.69) is 23.4 Å². The standard InChI is InChI=1S/C16H19NO2S/c1-2-16-17-12(10-20-16)9-19-13-6-7-14-11(8-13)4-3-5-15(14)18/h6-8,10,15,18H,2-5,9H2,1H3. The van der Waals surface area contributed by atoms with Gasteiger partial charge in [0.1, 0.15) is 12.4 Å². The van der Waals surface area contributed by atoms with Crippen LogP contribution in [0.2, 0.25) is 0 Å². The Kier molecular flexibility index (Phi) is 4.03. The van der Waals surface area contributed by atoms with Crippen molar-refractivity contribution in [2.75, 3.05) is 0 Å². The van der Waals surface area contributed by atoms with Gasteiger partial charge in [-0.25, -0.2) is 4.98 Å². The van der Waals surface area contributed by atoms with Crippen molar-refractivity contribution >= 4 is 11.3 Å². The molecule has 106 valence electrons. The minimum atomic E-state index is -0.307. The second-order valence-electron chi connectivity index (χ2n) is 5.14. The molecule has 3 nitrogen and oxygen atoms in total. The van der Waals surface area contributed by atoms with Gasteiger partial charge in [0.2, 0.25) is 0 Å². The Bertz CT molecular complexity index is 594. The highest BCUT2D eigenvalue weighted by Gasteiger charge is 2.18. The summed E-state index contributed by atoms with van der Waals surface area (Å²) in [6.45, 7) is 2.62. The lowest BCUT2D eigenvalue weighted by Crippen LogP contribution is -2.09. The highest BCUT2D eigenvalue weighted by molar-refractivity contribution is 7.09. The highest BCUT2D eigenvalue weighted by Crippen LogP contribution is 2.32. The number of fused-ring (bicyclic) bond motifs is 1. The van der Waals surface area contributed by atoms with E-state index in [1.165, 1.54) is 5.56 Å². The Morgan fingerprint density at radius 1 is 1.45 bits per heavy atom. The van der Waals surface area contributed by atoms with E-state index in [0.717, 1.165) is 47.7 Å². The number of aliphatic hydroxyl groups is 1. The zero-order valence-corrected chi connectivity index (χ0v) is 12.4. The van der Waals surface area contributed by atoms with Crippen molar-refractivity contribution in [1.29, 1.82) is 0 Å². The first-order valence-electron chi connectivity index (χ1n) is 7.13. The van der Waals surface area contributed by atoms with Gasteiger partial charge in [0.25, 0.3) is 0 Å². The van der Waals surface area contributed by atoms with Crippen LogP contribution in [-0.2, 0) is 19.4 Å². The molecule has 20 heavy (non-hydrogen) atoms. The number of aliphatic hydroxyl groups excluding tert-OH is 1. The summed E-state index contributed by atoms with van der Waals surface area (Å²) in [7, 11) is 0. The van der Waals surface area contributed by atoms with Crippen LogP contribution in [0.4, 0.5) is 0 Å². The summed E-state index contributed by atoms with van der Waals surface area (Å²) in [5, 5.41) is 13.1. The van der Waals surface area contributed by atoms with E-state index in [1.807, 2.05) is 12.1 Å². The van der Waals surface area contributed by atoms with Gasteiger partial charge in [0.05, 0.1) is 16.8 Å². The van der Waals surface area contributed by atoms with Gasteiger partial charge in [-0.2, -0.15) is 0 Å². The van der Waals surface area contributed by atoms with Gasteiger partial charge >= 0.3 is 0 Å². The third-order valence-corrected chi connectivity index (χ3v) is 4.73. The molecule has 0 aliphatic heterocycles. The SMILES string of the molecule is CCc1nc(COc2ccc3c(c2)CCCC3O)cs1. The van der Waals surface area contributed by atoms with Gasteiger partial charge in [-0.1, -0.05) is 13.0 Å². The third kappa shape index (κ3) is 2.86. The molecule has 3 rings (SSSR count). The van der Waals surface area contributed by atoms with Crippen LogP contribution in [0.1, 0.15) is 47.7 Å². The minimum Gasteiger partial charge on any atom is -0.487 e. The molecule has 1 aromatic carbocycles. The van der Waals surface area contributed by atoms with Crippen molar-refractivity contribution in [1.82, 2.24) is 4.98 Å². The first kappa shape index (κ1) is 13.6. The van der Waals surface area contributed by atoms with E-state index in [9.17, 15) is 5.11 Å². The summed E-state index contributed by atoms with van der Waals surface area (Å²) >= 11 is 1.68. The summed E-state index contributed by atoms with van der Waals surface area (Å²) in [5.41, 5.74) is 3.27. The topological polar surface area (TPSA) is 42.4 Å². The number of rotatable bonds is 4. The maximum Gasteiger partial charge on any atom is 0.131 e. The molecule has 0 bridgehead atoms. The average Bonchev–Trinajstić information content (AvgIpc) is 2.93. The van der Waals surface area contributed by atoms with Crippen LogP contribution in [0, 0.1) is 0 Å². The van der Waals surface area contributed by atoms with Crippen molar-refractivity contribution < 1.29 is 9.84 Å². The van der Waals surface area contributed by atoms with Crippen LogP contribution < -0.4 is 4.74 Å². The number of hydrogen-bond acceptors (Lipinski definition) is 4. The normalized spacial score (nSPS) is 17.8. The highest BCUT2D eigenvalue weighted by atomic mass is 32.1. The second kappa shape index (κ2) is 5.94. The van der Waals surface area contributed by atoms with Crippen LogP contribution in [-0.4, -0.2) is 10.1 Å². The molecule has 1 atom stereocenters. The molecule has 4 heteroatoms. The lowest BCUT2D eigenvalue weighted by atomic mass is 9.89. The Labute approximate surface area is 123 Å². The molecule has 0 fully saturated rings. The van der Waals surface area contributed by atoms with Crippen molar-refractivity contribution in [2.24, 2.45) is 0 Å². The van der Waals surface area contributed by atoms with Crippen molar-refractivity contribution in [3.8, 4) is 5.75 Å². The first-order valence-corrected chi connectivity index (χ1v) is 8.01. The number of benzene rings is 1. The Morgan fingerprint density at radius 2 is 2.35 bits per heavy atom. The number of aryl methyl sites for hydroxylation is 2. The van der Waals surface area contributed by atoms with E-state index >= 15 is 0 Å². The molecule has 2 aromatic rings. The maximum absolute atomic E-state index is 9.94. The predicted octanol–water partition coefficient (Wildman–Crippen LogP) is 3.65. The van der Waals surface area contributed by atoms with E-state index in [4.69, 9.17) is 4.74 Å². The molecule has 0 saturated heterocycles. The van der Waals surface area contributed by atoms with Gasteiger partial charge in [0, 0.05) is 5.38 Å². The van der Waals surface area contributed by atoms with Crippen LogP contribution >= 0.6 is 11.3 Å². The Morgan fingerprint density at radius 3 is 3.15 bits per heavy atom. The molecule has 1 aromatic heterocycles. The molecule has 1 aliphatic carbocycles. The van der Waals surface area contributed by atoms with Crippen molar-refractivity contribution in [3.05, 3.63) is 45.4 Å². The minimum absolute atomic E-state index is 0.307. The van der Waals surface area contributed by atoms with E-state index in [0.29, 0.717) is 6.61 Å². The first-order chi connectivity index (χ1) is 9.76. The van der Waals surface area contributed by atoms with Crippen LogP contribution in [0.25, 0.3) is 0 Å². The van der Waals surface area contributed by atoms with Gasteiger partial charge in [-0.05, 0) is 48.9 Å². The molecule has 0 amide bonds. The number of thiazole rings is 1. The quantitative estimate of drug-likeness (QED) is 0.934. The van der Waals surface area contributed by atoms with Crippen molar-refractivity contribution in [2.45, 2.75) is 45.3 Å². The number of hydrogen-bond donors (Lipinski definition) is 1. The van der Waals surface area contributed by atoms with Crippen LogP contribution in [0.15, 0.2) is 23.6 Å². The molecule has 1 aliphatic rings. The summed E-state index contributed by atoms with van der Waals surface area (Å²) < 4.78 is 5.81. The number of ether oxygens (including phenoxy) is 1. The molecular formula is C16H19NO2S. The van der Waals surface area contributed by atoms with Crippen molar-refractivity contribution in [3.63, 3.8) is 0 Å². The van der Waals surface area contributed by atoms with Gasteiger partial charge < -0.3 is 9.84 Å². The predicted molar refractivity (Wildman–Crippen MR) is 80.2 cm³/mol. The summed E-state index contributed by atoms with van der Waals surface area (Å²) in [5.74, 6) is 0.865. The second-order valence-corrected chi connectivity index (χ2v) is 6.09. The summed E-state index contributed by atoms with van der Waals surface area (Å²) in [4.78, 5) is 4.50. The molecule has 1 N–H and O–H groups in total. The fourth-order valence-electron chi connectivity index (χ4n) is 2.59. The summed E-state index contributed by atoms with van der Waals surface area (Å²) in [6, 6.07) is 6.00. The van der Waals surface area contributed by atoms with Gasteiger partial charge in [0.15, 0.2) is 0 Å². The maximum atomic E-state index is 9.94. The van der Waals surface area contributed by atoms with Crippen LogP contribution in [0.3, 0.4) is 0 Å². The Hall–Kier alpha value is -1.39. The molecule has 0 saturated carbocycles. The molecule has 0 spiro atoms. The fourth-order valence-corrected chi connectivity index (χ4v) is 3.32. The average molecular weight is 289 g/mol. The van der Waals surface area contributed by atoms with E-state index in [1.54, 1.807) is 11.3 Å². The molecular weight excluding hydrogens is 270 g/mol. The van der Waals surface area contributed by atoms with Crippen LogP contribution in [0.5, 0.6) is 5.75 Å². The third-order valence-electron chi connectivity index (χ3n) is 3.69. The van der Waals surface area contributed by atoms with E-state index < -0.39 is 0 Å². The monoisotopic (exact) mass is 289 g/mol. The molecule has 1 heterocycles. The zero-order valence-electron chi connectivity index (χ0n) is 11.6. The molecule has 0 radical (unpaired) electrons. The van der Waals surface area contributed by atoms with E-state index in [-0.39, 0.29) is 6.10 Å². The largest absolute Gasteiger partial charge is 0.487 e. The Balaban J connectivity index is 1.68. The number of aromatic nitrogens is 1. The lowest BCUT2D eigenvalue weighted by Gasteiger charge is -2.21.